The average Bonchev–Trinajstić information content (AvgIpc) is 3.02. The molecule has 1 fully saturated rings. The Morgan fingerprint density at radius 2 is 2.23 bits per heavy atom. The van der Waals surface area contributed by atoms with Gasteiger partial charge in [-0.05, 0) is 50.9 Å². The highest BCUT2D eigenvalue weighted by Gasteiger charge is 2.37. The number of pyridine rings is 2. The van der Waals surface area contributed by atoms with Crippen LogP contribution in [0.2, 0.25) is 0 Å². The summed E-state index contributed by atoms with van der Waals surface area (Å²) < 4.78 is 0. The number of β-amino-alcohol motifs (C(OH)–C–C–N with tert-alkyl or cyclic N) is 1. The molecule has 1 atom stereocenters. The van der Waals surface area contributed by atoms with Crippen molar-refractivity contribution in [1.82, 2.24) is 15.3 Å². The van der Waals surface area contributed by atoms with E-state index in [4.69, 9.17) is 5.73 Å². The molecule has 0 aliphatic carbocycles. The van der Waals surface area contributed by atoms with Gasteiger partial charge in [-0.25, -0.2) is 4.98 Å². The molecule has 0 saturated carbocycles. The summed E-state index contributed by atoms with van der Waals surface area (Å²) in [5.41, 5.74) is 8.12. The van der Waals surface area contributed by atoms with Crippen LogP contribution in [0.5, 0.6) is 0 Å². The van der Waals surface area contributed by atoms with Crippen molar-refractivity contribution in [1.29, 1.82) is 0 Å². The number of rotatable bonds is 7. The number of unbranched alkanes of at least 4 members (excludes halogenated alkanes) is 1. The van der Waals surface area contributed by atoms with E-state index in [-0.39, 0.29) is 12.5 Å². The Balaban J connectivity index is 1.65. The van der Waals surface area contributed by atoms with Crippen molar-refractivity contribution in [3.05, 3.63) is 30.1 Å². The van der Waals surface area contributed by atoms with Crippen LogP contribution >= 0.6 is 0 Å². The highest BCUT2D eigenvalue weighted by atomic mass is 16.3. The van der Waals surface area contributed by atoms with Gasteiger partial charge in [0.05, 0.1) is 11.2 Å². The first-order valence-electron chi connectivity index (χ1n) is 9.17. The second kappa shape index (κ2) is 7.97. The lowest BCUT2D eigenvalue weighted by Gasteiger charge is -2.25. The van der Waals surface area contributed by atoms with E-state index in [1.54, 1.807) is 6.20 Å². The van der Waals surface area contributed by atoms with Gasteiger partial charge in [0.25, 0.3) is 0 Å². The molecule has 1 unspecified atom stereocenters. The van der Waals surface area contributed by atoms with E-state index in [2.05, 4.69) is 20.2 Å². The summed E-state index contributed by atoms with van der Waals surface area (Å²) in [5.74, 6) is -0.0306. The highest BCUT2D eigenvalue weighted by Crippen LogP contribution is 2.30. The van der Waals surface area contributed by atoms with Gasteiger partial charge in [0.15, 0.2) is 0 Å². The first-order chi connectivity index (χ1) is 12.5. The van der Waals surface area contributed by atoms with Crippen LogP contribution < -0.4 is 16.0 Å². The Morgan fingerprint density at radius 3 is 3.04 bits per heavy atom. The number of aryl methyl sites for hydroxylation is 1. The quantitative estimate of drug-likeness (QED) is 0.642. The first-order valence-corrected chi connectivity index (χ1v) is 9.17. The highest BCUT2D eigenvalue weighted by molar-refractivity contribution is 5.88. The second-order valence-electron chi connectivity index (χ2n) is 7.07. The smallest absolute Gasteiger partial charge is 0.220 e. The Labute approximate surface area is 153 Å². The van der Waals surface area contributed by atoms with Gasteiger partial charge in [0, 0.05) is 37.9 Å². The van der Waals surface area contributed by atoms with Crippen LogP contribution in [0.15, 0.2) is 24.4 Å². The fraction of sp³-hybridized carbons (Fsp3) is 0.526. The molecule has 1 aliphatic heterocycles. The van der Waals surface area contributed by atoms with Gasteiger partial charge in [-0.15, -0.1) is 0 Å². The Hall–Kier alpha value is -2.25. The molecule has 3 rings (SSSR count). The number of fused-ring (bicyclic) bond motifs is 1. The average molecular weight is 357 g/mol. The molecule has 4 N–H and O–H groups in total. The standard InChI is InChI=1S/C19H27N5O2/c1-14-5-6-15-18(23-14)16(7-10-21-15)24-11-8-19(26,13-24)12-22-17(25)4-2-3-9-20/h5-7,10,26H,2-4,8-9,11-13,20H2,1H3,(H,22,25). The zero-order chi connectivity index (χ0) is 18.6. The van der Waals surface area contributed by atoms with Gasteiger partial charge in [-0.1, -0.05) is 0 Å². The molecule has 26 heavy (non-hydrogen) atoms. The summed E-state index contributed by atoms with van der Waals surface area (Å²) in [4.78, 5) is 23.0. The SMILES string of the molecule is Cc1ccc2nccc(N3CCC(O)(CNC(=O)CCCCN)C3)c2n1. The minimum Gasteiger partial charge on any atom is -0.386 e. The number of aromatic nitrogens is 2. The van der Waals surface area contributed by atoms with Crippen LogP contribution in [-0.2, 0) is 4.79 Å². The molecule has 0 radical (unpaired) electrons. The van der Waals surface area contributed by atoms with Gasteiger partial charge in [-0.2, -0.15) is 0 Å². The molecule has 0 spiro atoms. The molecule has 2 aromatic heterocycles. The maximum Gasteiger partial charge on any atom is 0.220 e. The molecule has 7 heteroatoms. The Morgan fingerprint density at radius 1 is 1.38 bits per heavy atom. The molecule has 1 aliphatic rings. The molecule has 3 heterocycles. The number of aliphatic hydroxyl groups is 1. The van der Waals surface area contributed by atoms with Crippen LogP contribution in [0.3, 0.4) is 0 Å². The van der Waals surface area contributed by atoms with E-state index >= 15 is 0 Å². The van der Waals surface area contributed by atoms with Crippen LogP contribution in [-0.4, -0.2) is 52.8 Å². The normalized spacial score (nSPS) is 19.9. The number of nitrogens with one attached hydrogen (secondary N) is 1. The fourth-order valence-electron chi connectivity index (χ4n) is 3.35. The summed E-state index contributed by atoms with van der Waals surface area (Å²) in [7, 11) is 0. The lowest BCUT2D eigenvalue weighted by Crippen LogP contribution is -2.45. The molecular formula is C19H27N5O2. The van der Waals surface area contributed by atoms with Gasteiger partial charge >= 0.3 is 0 Å². The lowest BCUT2D eigenvalue weighted by atomic mass is 10.0. The number of nitrogens with zero attached hydrogens (tertiary/aromatic N) is 3. The number of anilines is 1. The van der Waals surface area contributed by atoms with Crippen LogP contribution in [0, 0.1) is 6.92 Å². The molecule has 1 saturated heterocycles. The summed E-state index contributed by atoms with van der Waals surface area (Å²) in [6.45, 7) is 4.00. The third-order valence-corrected chi connectivity index (χ3v) is 4.85. The molecule has 0 bridgehead atoms. The maximum atomic E-state index is 11.9. The van der Waals surface area contributed by atoms with E-state index < -0.39 is 5.60 Å². The number of amides is 1. The monoisotopic (exact) mass is 357 g/mol. The Kier molecular flexibility index (Phi) is 5.68. The van der Waals surface area contributed by atoms with E-state index in [1.807, 2.05) is 25.1 Å². The van der Waals surface area contributed by atoms with Crippen LogP contribution in [0.25, 0.3) is 11.0 Å². The molecule has 1 amide bonds. The molecule has 7 nitrogen and oxygen atoms in total. The summed E-state index contributed by atoms with van der Waals surface area (Å²) in [6.07, 6.45) is 4.44. The van der Waals surface area contributed by atoms with Crippen LogP contribution in [0.4, 0.5) is 5.69 Å². The van der Waals surface area contributed by atoms with Crippen molar-refractivity contribution in [2.75, 3.05) is 31.1 Å². The number of carbonyl (C=O) groups excluding carboxylic acids is 1. The van der Waals surface area contributed by atoms with Gasteiger partial charge in [0.1, 0.15) is 11.1 Å². The zero-order valence-electron chi connectivity index (χ0n) is 15.2. The van der Waals surface area contributed by atoms with Crippen LogP contribution in [0.1, 0.15) is 31.4 Å². The van der Waals surface area contributed by atoms with Gasteiger partial charge in [-0.3, -0.25) is 9.78 Å². The van der Waals surface area contributed by atoms with E-state index in [9.17, 15) is 9.90 Å². The van der Waals surface area contributed by atoms with E-state index in [0.717, 1.165) is 35.3 Å². The predicted octanol–water partition coefficient (Wildman–Crippen LogP) is 1.12. The minimum atomic E-state index is -0.928. The van der Waals surface area contributed by atoms with Crippen molar-refractivity contribution in [3.8, 4) is 0 Å². The van der Waals surface area contributed by atoms with E-state index in [0.29, 0.717) is 32.5 Å². The van der Waals surface area contributed by atoms with Crippen molar-refractivity contribution in [2.24, 2.45) is 5.73 Å². The first kappa shape index (κ1) is 18.5. The number of hydrogen-bond acceptors (Lipinski definition) is 6. The molecule has 0 aromatic carbocycles. The third-order valence-electron chi connectivity index (χ3n) is 4.85. The van der Waals surface area contributed by atoms with Crippen molar-refractivity contribution < 1.29 is 9.90 Å². The molecule has 140 valence electrons. The number of hydrogen-bond donors (Lipinski definition) is 3. The molecule has 2 aromatic rings. The minimum absolute atomic E-state index is 0.0306. The van der Waals surface area contributed by atoms with Gasteiger partial charge < -0.3 is 21.1 Å². The second-order valence-corrected chi connectivity index (χ2v) is 7.07. The summed E-state index contributed by atoms with van der Waals surface area (Å²) >= 11 is 0. The predicted molar refractivity (Wildman–Crippen MR) is 102 cm³/mol. The third kappa shape index (κ3) is 4.28. The topological polar surface area (TPSA) is 104 Å². The molecular weight excluding hydrogens is 330 g/mol. The summed E-state index contributed by atoms with van der Waals surface area (Å²) in [6, 6.07) is 5.84. The maximum absolute atomic E-state index is 11.9. The van der Waals surface area contributed by atoms with Gasteiger partial charge in [0.2, 0.25) is 5.91 Å². The summed E-state index contributed by atoms with van der Waals surface area (Å²) in [5, 5.41) is 13.7. The fourth-order valence-corrected chi connectivity index (χ4v) is 3.35. The number of carbonyl (C=O) groups is 1. The number of nitrogens with two attached hydrogens (primary N) is 1. The van der Waals surface area contributed by atoms with Crippen molar-refractivity contribution >= 4 is 22.6 Å². The van der Waals surface area contributed by atoms with Crippen molar-refractivity contribution in [2.45, 2.75) is 38.2 Å². The van der Waals surface area contributed by atoms with E-state index in [1.165, 1.54) is 0 Å². The lowest BCUT2D eigenvalue weighted by molar-refractivity contribution is -0.122. The largest absolute Gasteiger partial charge is 0.386 e. The van der Waals surface area contributed by atoms with Crippen molar-refractivity contribution in [3.63, 3.8) is 0 Å². The zero-order valence-corrected chi connectivity index (χ0v) is 15.2. The Bertz CT molecular complexity index is 782.